The molecule has 0 radical (unpaired) electrons. The molecule has 0 unspecified atom stereocenters. The van der Waals surface area contributed by atoms with Crippen LogP contribution in [0.4, 0.5) is 11.6 Å². The van der Waals surface area contributed by atoms with Gasteiger partial charge in [-0.05, 0) is 31.5 Å². The molecule has 1 aromatic carbocycles. The van der Waals surface area contributed by atoms with E-state index in [9.17, 15) is 9.90 Å². The van der Waals surface area contributed by atoms with E-state index in [1.54, 1.807) is 17.9 Å². The zero-order valence-electron chi connectivity index (χ0n) is 11.8. The lowest BCUT2D eigenvalue weighted by atomic mass is 9.96. The van der Waals surface area contributed by atoms with Crippen LogP contribution in [-0.2, 0) is 4.79 Å². The Morgan fingerprint density at radius 1 is 1.33 bits per heavy atom. The second kappa shape index (κ2) is 6.10. The van der Waals surface area contributed by atoms with Crippen molar-refractivity contribution in [2.24, 2.45) is 0 Å². The molecule has 1 N–H and O–H groups in total. The third-order valence-electron chi connectivity index (χ3n) is 3.47. The van der Waals surface area contributed by atoms with Crippen molar-refractivity contribution in [3.63, 3.8) is 0 Å². The summed E-state index contributed by atoms with van der Waals surface area (Å²) in [6.07, 6.45) is 1.89. The fourth-order valence-electron chi connectivity index (χ4n) is 2.04. The smallest absolute Gasteiger partial charge is 0.329 e. The summed E-state index contributed by atoms with van der Waals surface area (Å²) < 4.78 is 0. The van der Waals surface area contributed by atoms with E-state index in [0.29, 0.717) is 12.1 Å². The second-order valence-corrected chi connectivity index (χ2v) is 5.17. The van der Waals surface area contributed by atoms with Crippen molar-refractivity contribution >= 4 is 29.2 Å². The standard InChI is InChI=1S/C15H16ClN3O2/c1-3-15(2,13(20)21)19(11-7-5-4-6-8-11)14-17-10-9-12(16)18-14/h4-10H,3H2,1-2H3,(H,20,21)/t15-/m1/s1. The highest BCUT2D eigenvalue weighted by Gasteiger charge is 2.40. The number of carboxylic acids is 1. The fourth-order valence-corrected chi connectivity index (χ4v) is 2.17. The molecule has 110 valence electrons. The molecule has 2 rings (SSSR count). The predicted molar refractivity (Wildman–Crippen MR) is 82.0 cm³/mol. The first-order chi connectivity index (χ1) is 9.99. The Labute approximate surface area is 128 Å². The number of carboxylic acid groups (broad SMARTS) is 1. The number of para-hydroxylation sites is 1. The van der Waals surface area contributed by atoms with Gasteiger partial charge in [0.15, 0.2) is 0 Å². The van der Waals surface area contributed by atoms with Crippen LogP contribution in [0, 0.1) is 0 Å². The van der Waals surface area contributed by atoms with Gasteiger partial charge in [-0.2, -0.15) is 0 Å². The molecule has 1 heterocycles. The minimum absolute atomic E-state index is 0.264. The highest BCUT2D eigenvalue weighted by Crippen LogP contribution is 2.33. The van der Waals surface area contributed by atoms with E-state index in [1.165, 1.54) is 6.20 Å². The minimum atomic E-state index is -1.17. The molecular weight excluding hydrogens is 290 g/mol. The van der Waals surface area contributed by atoms with Crippen LogP contribution in [0.5, 0.6) is 0 Å². The van der Waals surface area contributed by atoms with Crippen molar-refractivity contribution in [1.82, 2.24) is 9.97 Å². The molecule has 0 bridgehead atoms. The molecular formula is C15H16ClN3O2. The number of nitrogens with zero attached hydrogens (tertiary/aromatic N) is 3. The third kappa shape index (κ3) is 2.97. The van der Waals surface area contributed by atoms with Crippen LogP contribution in [0.1, 0.15) is 20.3 Å². The highest BCUT2D eigenvalue weighted by molar-refractivity contribution is 6.29. The molecule has 0 fully saturated rings. The molecule has 0 aliphatic carbocycles. The van der Waals surface area contributed by atoms with Crippen molar-refractivity contribution < 1.29 is 9.90 Å². The van der Waals surface area contributed by atoms with Crippen molar-refractivity contribution in [2.75, 3.05) is 4.90 Å². The number of anilines is 2. The van der Waals surface area contributed by atoms with Crippen LogP contribution in [0.15, 0.2) is 42.6 Å². The maximum absolute atomic E-state index is 11.8. The summed E-state index contributed by atoms with van der Waals surface area (Å²) in [6.45, 7) is 3.46. The highest BCUT2D eigenvalue weighted by atomic mass is 35.5. The van der Waals surface area contributed by atoms with Gasteiger partial charge in [-0.1, -0.05) is 36.7 Å². The average molecular weight is 306 g/mol. The van der Waals surface area contributed by atoms with Crippen molar-refractivity contribution in [3.05, 3.63) is 47.7 Å². The van der Waals surface area contributed by atoms with Gasteiger partial charge < -0.3 is 5.11 Å². The van der Waals surface area contributed by atoms with Gasteiger partial charge in [0, 0.05) is 11.9 Å². The van der Waals surface area contributed by atoms with Gasteiger partial charge in [-0.15, -0.1) is 0 Å². The van der Waals surface area contributed by atoms with E-state index in [1.807, 2.05) is 37.3 Å². The first-order valence-corrected chi connectivity index (χ1v) is 6.94. The Kier molecular flexibility index (Phi) is 4.43. The van der Waals surface area contributed by atoms with Crippen LogP contribution < -0.4 is 4.90 Å². The molecule has 1 atom stereocenters. The zero-order valence-corrected chi connectivity index (χ0v) is 12.6. The number of halogens is 1. The molecule has 0 saturated heterocycles. The van der Waals surface area contributed by atoms with Gasteiger partial charge in [-0.3, -0.25) is 4.90 Å². The molecule has 2 aromatic rings. The topological polar surface area (TPSA) is 66.3 Å². The summed E-state index contributed by atoms with van der Waals surface area (Å²) in [6, 6.07) is 10.7. The molecule has 1 aromatic heterocycles. The molecule has 21 heavy (non-hydrogen) atoms. The Morgan fingerprint density at radius 2 is 2.00 bits per heavy atom. The largest absolute Gasteiger partial charge is 0.479 e. The first-order valence-electron chi connectivity index (χ1n) is 6.56. The minimum Gasteiger partial charge on any atom is -0.479 e. The van der Waals surface area contributed by atoms with E-state index >= 15 is 0 Å². The average Bonchev–Trinajstić information content (AvgIpc) is 2.48. The van der Waals surface area contributed by atoms with E-state index in [0.717, 1.165) is 0 Å². The lowest BCUT2D eigenvalue weighted by molar-refractivity contribution is -0.142. The first kappa shape index (κ1) is 15.3. The molecule has 0 amide bonds. The summed E-state index contributed by atoms with van der Waals surface area (Å²) >= 11 is 5.92. The van der Waals surface area contributed by atoms with Crippen LogP contribution >= 0.6 is 11.6 Å². The molecule has 5 nitrogen and oxygen atoms in total. The van der Waals surface area contributed by atoms with Crippen molar-refractivity contribution in [2.45, 2.75) is 25.8 Å². The molecule has 0 aliphatic rings. The van der Waals surface area contributed by atoms with Gasteiger partial charge in [-0.25, -0.2) is 14.8 Å². The summed E-state index contributed by atoms with van der Waals surface area (Å²) in [7, 11) is 0. The van der Waals surface area contributed by atoms with Gasteiger partial charge in [0.05, 0.1) is 0 Å². The number of benzene rings is 1. The maximum atomic E-state index is 11.8. The number of hydrogen-bond acceptors (Lipinski definition) is 4. The van der Waals surface area contributed by atoms with E-state index in [4.69, 9.17) is 11.6 Å². The molecule has 0 spiro atoms. The molecule has 0 saturated carbocycles. The van der Waals surface area contributed by atoms with Crippen LogP contribution in [0.2, 0.25) is 5.15 Å². The summed E-state index contributed by atoms with van der Waals surface area (Å²) in [5.74, 6) is -0.683. The van der Waals surface area contributed by atoms with Gasteiger partial charge in [0.25, 0.3) is 0 Å². The summed E-state index contributed by atoms with van der Waals surface area (Å²) in [4.78, 5) is 21.7. The number of hydrogen-bond donors (Lipinski definition) is 1. The van der Waals surface area contributed by atoms with E-state index in [-0.39, 0.29) is 11.1 Å². The number of carbonyl (C=O) groups is 1. The van der Waals surface area contributed by atoms with Gasteiger partial charge >= 0.3 is 5.97 Å². The Morgan fingerprint density at radius 3 is 2.52 bits per heavy atom. The Balaban J connectivity index is 2.63. The molecule has 6 heteroatoms. The summed E-state index contributed by atoms with van der Waals surface area (Å²) in [5, 5.41) is 9.93. The normalized spacial score (nSPS) is 13.5. The van der Waals surface area contributed by atoms with Crippen LogP contribution in [0.3, 0.4) is 0 Å². The zero-order chi connectivity index (χ0) is 15.5. The lowest BCUT2D eigenvalue weighted by Crippen LogP contribution is -2.50. The quantitative estimate of drug-likeness (QED) is 0.856. The third-order valence-corrected chi connectivity index (χ3v) is 3.68. The van der Waals surface area contributed by atoms with Crippen LogP contribution in [-0.4, -0.2) is 26.6 Å². The number of aliphatic carboxylic acids is 1. The monoisotopic (exact) mass is 305 g/mol. The fraction of sp³-hybridized carbons (Fsp3) is 0.267. The van der Waals surface area contributed by atoms with Crippen molar-refractivity contribution in [1.29, 1.82) is 0 Å². The maximum Gasteiger partial charge on any atom is 0.329 e. The van der Waals surface area contributed by atoms with Gasteiger partial charge in [0.1, 0.15) is 10.7 Å². The van der Waals surface area contributed by atoms with Crippen molar-refractivity contribution in [3.8, 4) is 0 Å². The number of rotatable bonds is 5. The Hall–Kier alpha value is -2.14. The van der Waals surface area contributed by atoms with E-state index < -0.39 is 11.5 Å². The Bertz CT molecular complexity index is 636. The van der Waals surface area contributed by atoms with Gasteiger partial charge in [0.2, 0.25) is 5.95 Å². The summed E-state index contributed by atoms with van der Waals surface area (Å²) in [5.41, 5.74) is -0.474. The lowest BCUT2D eigenvalue weighted by Gasteiger charge is -2.37. The second-order valence-electron chi connectivity index (χ2n) is 4.78. The predicted octanol–water partition coefficient (Wildman–Crippen LogP) is 3.52. The van der Waals surface area contributed by atoms with Crippen LogP contribution in [0.25, 0.3) is 0 Å². The SMILES string of the molecule is CC[C@](C)(C(=O)O)N(c1ccccc1)c1nccc(Cl)n1. The molecule has 0 aliphatic heterocycles. The number of aromatic nitrogens is 2. The van der Waals surface area contributed by atoms with E-state index in [2.05, 4.69) is 9.97 Å².